The number of H-pyrrole nitrogens is 1. The van der Waals surface area contributed by atoms with E-state index >= 15 is 0 Å². The molecule has 0 aliphatic carbocycles. The number of hydrogen-bond acceptors (Lipinski definition) is 3. The van der Waals surface area contributed by atoms with Crippen molar-refractivity contribution in [3.8, 4) is 0 Å². The molecule has 0 fully saturated rings. The topological polar surface area (TPSA) is 61.8 Å². The van der Waals surface area contributed by atoms with Crippen LogP contribution in [0.2, 0.25) is 0 Å². The van der Waals surface area contributed by atoms with Crippen LogP contribution in [0, 0.1) is 0 Å². The van der Waals surface area contributed by atoms with E-state index in [2.05, 4.69) is 22.1 Å². The van der Waals surface area contributed by atoms with Gasteiger partial charge in [-0.3, -0.25) is 5.10 Å². The molecule has 0 bridgehead atoms. The lowest BCUT2D eigenvalue weighted by atomic mass is 10.1. The van der Waals surface area contributed by atoms with Crippen molar-refractivity contribution < 1.29 is 5.11 Å². The second kappa shape index (κ2) is 4.08. The van der Waals surface area contributed by atoms with Crippen LogP contribution in [-0.2, 0) is 0 Å². The van der Waals surface area contributed by atoms with Crippen molar-refractivity contribution in [2.75, 3.05) is 0 Å². The largest absolute Gasteiger partial charge is 0.385 e. The monoisotopic (exact) mass is 155 g/mol. The highest BCUT2D eigenvalue weighted by atomic mass is 16.3. The first kappa shape index (κ1) is 8.20. The fourth-order valence-corrected chi connectivity index (χ4v) is 0.910. The van der Waals surface area contributed by atoms with Gasteiger partial charge in [-0.15, -0.1) is 0 Å². The van der Waals surface area contributed by atoms with E-state index in [4.69, 9.17) is 0 Å². The van der Waals surface area contributed by atoms with E-state index in [0.717, 1.165) is 19.3 Å². The molecule has 1 atom stereocenters. The summed E-state index contributed by atoms with van der Waals surface area (Å²) < 4.78 is 0. The smallest absolute Gasteiger partial charge is 0.153 e. The fraction of sp³-hybridized carbons (Fsp3) is 0.714. The predicted molar refractivity (Wildman–Crippen MR) is 40.9 cm³/mol. The summed E-state index contributed by atoms with van der Waals surface area (Å²) in [7, 11) is 0. The number of rotatable bonds is 4. The molecule has 62 valence electrons. The standard InChI is InChI=1S/C7H13N3O/c1-2-3-4-6(11)7-8-5-9-10-7/h5-6,11H,2-4H2,1H3,(H,8,9,10). The summed E-state index contributed by atoms with van der Waals surface area (Å²) in [6, 6.07) is 0. The number of aromatic nitrogens is 3. The number of aliphatic hydroxyl groups excluding tert-OH is 1. The molecule has 1 unspecified atom stereocenters. The van der Waals surface area contributed by atoms with E-state index in [0.29, 0.717) is 5.82 Å². The number of nitrogens with zero attached hydrogens (tertiary/aromatic N) is 2. The van der Waals surface area contributed by atoms with Gasteiger partial charge in [0.1, 0.15) is 12.4 Å². The van der Waals surface area contributed by atoms with E-state index < -0.39 is 6.10 Å². The van der Waals surface area contributed by atoms with Crippen molar-refractivity contribution >= 4 is 0 Å². The average Bonchev–Trinajstić information content (AvgIpc) is 2.52. The van der Waals surface area contributed by atoms with E-state index in [1.807, 2.05) is 0 Å². The first-order valence-corrected chi connectivity index (χ1v) is 3.88. The van der Waals surface area contributed by atoms with Gasteiger partial charge in [-0.1, -0.05) is 19.8 Å². The van der Waals surface area contributed by atoms with Crippen LogP contribution in [0.5, 0.6) is 0 Å². The molecule has 2 N–H and O–H groups in total. The molecular weight excluding hydrogens is 142 g/mol. The third-order valence-corrected chi connectivity index (χ3v) is 1.58. The Labute approximate surface area is 65.7 Å². The van der Waals surface area contributed by atoms with Crippen LogP contribution >= 0.6 is 0 Å². The third kappa shape index (κ3) is 2.31. The lowest BCUT2D eigenvalue weighted by molar-refractivity contribution is 0.155. The Morgan fingerprint density at radius 3 is 3.09 bits per heavy atom. The van der Waals surface area contributed by atoms with Crippen molar-refractivity contribution in [3.05, 3.63) is 12.2 Å². The second-order valence-corrected chi connectivity index (χ2v) is 2.53. The van der Waals surface area contributed by atoms with Gasteiger partial charge in [0.25, 0.3) is 0 Å². The van der Waals surface area contributed by atoms with Crippen molar-refractivity contribution in [2.24, 2.45) is 0 Å². The molecule has 1 aromatic heterocycles. The number of nitrogens with one attached hydrogen (secondary N) is 1. The average molecular weight is 155 g/mol. The van der Waals surface area contributed by atoms with E-state index in [9.17, 15) is 5.11 Å². The lowest BCUT2D eigenvalue weighted by Gasteiger charge is -2.04. The summed E-state index contributed by atoms with van der Waals surface area (Å²) in [6.45, 7) is 2.09. The number of unbranched alkanes of at least 4 members (excludes halogenated alkanes) is 1. The van der Waals surface area contributed by atoms with Gasteiger partial charge in [-0.25, -0.2) is 4.98 Å². The summed E-state index contributed by atoms with van der Waals surface area (Å²) in [4.78, 5) is 3.85. The third-order valence-electron chi connectivity index (χ3n) is 1.58. The number of aromatic amines is 1. The quantitative estimate of drug-likeness (QED) is 0.682. The fourth-order valence-electron chi connectivity index (χ4n) is 0.910. The molecule has 0 aromatic carbocycles. The van der Waals surface area contributed by atoms with Crippen LogP contribution in [-0.4, -0.2) is 20.3 Å². The zero-order valence-electron chi connectivity index (χ0n) is 6.62. The summed E-state index contributed by atoms with van der Waals surface area (Å²) in [5, 5.41) is 15.7. The zero-order chi connectivity index (χ0) is 8.10. The molecule has 4 nitrogen and oxygen atoms in total. The predicted octanol–water partition coefficient (Wildman–Crippen LogP) is 1.03. The van der Waals surface area contributed by atoms with Crippen molar-refractivity contribution in [3.63, 3.8) is 0 Å². The highest BCUT2D eigenvalue weighted by Crippen LogP contribution is 2.13. The van der Waals surface area contributed by atoms with Crippen LogP contribution in [0.15, 0.2) is 6.33 Å². The highest BCUT2D eigenvalue weighted by Gasteiger charge is 2.08. The summed E-state index contributed by atoms with van der Waals surface area (Å²) in [6.07, 6.45) is 3.79. The van der Waals surface area contributed by atoms with E-state index in [-0.39, 0.29) is 0 Å². The van der Waals surface area contributed by atoms with E-state index in [1.54, 1.807) is 0 Å². The van der Waals surface area contributed by atoms with Crippen LogP contribution in [0.1, 0.15) is 38.1 Å². The van der Waals surface area contributed by atoms with Crippen LogP contribution in [0.25, 0.3) is 0 Å². The normalized spacial score (nSPS) is 13.3. The lowest BCUT2D eigenvalue weighted by Crippen LogP contribution is -1.99. The summed E-state index contributed by atoms with van der Waals surface area (Å²) in [5.41, 5.74) is 0. The van der Waals surface area contributed by atoms with Gasteiger partial charge in [0, 0.05) is 0 Å². The molecule has 0 amide bonds. The molecule has 4 heteroatoms. The molecule has 11 heavy (non-hydrogen) atoms. The van der Waals surface area contributed by atoms with Gasteiger partial charge < -0.3 is 5.11 Å². The maximum atomic E-state index is 9.41. The Balaban J connectivity index is 2.36. The molecule has 1 heterocycles. The minimum atomic E-state index is -0.475. The molecule has 0 aliphatic rings. The second-order valence-electron chi connectivity index (χ2n) is 2.53. The van der Waals surface area contributed by atoms with Crippen molar-refractivity contribution in [1.29, 1.82) is 0 Å². The maximum Gasteiger partial charge on any atom is 0.153 e. The summed E-state index contributed by atoms with van der Waals surface area (Å²) in [5.74, 6) is 0.568. The van der Waals surface area contributed by atoms with Gasteiger partial charge in [-0.2, -0.15) is 5.10 Å². The molecule has 0 radical (unpaired) electrons. The molecule has 1 aromatic rings. The molecule has 0 saturated heterocycles. The minimum Gasteiger partial charge on any atom is -0.385 e. The zero-order valence-corrected chi connectivity index (χ0v) is 6.62. The number of aliphatic hydroxyl groups is 1. The molecule has 1 rings (SSSR count). The van der Waals surface area contributed by atoms with Crippen molar-refractivity contribution in [1.82, 2.24) is 15.2 Å². The molecule has 0 spiro atoms. The van der Waals surface area contributed by atoms with Crippen LogP contribution < -0.4 is 0 Å². The SMILES string of the molecule is CCCCC(O)c1ncn[nH]1. The van der Waals surface area contributed by atoms with Gasteiger partial charge in [-0.05, 0) is 6.42 Å². The number of hydrogen-bond donors (Lipinski definition) is 2. The Morgan fingerprint density at radius 2 is 2.55 bits per heavy atom. The van der Waals surface area contributed by atoms with E-state index in [1.165, 1.54) is 6.33 Å². The highest BCUT2D eigenvalue weighted by molar-refractivity contribution is 4.85. The van der Waals surface area contributed by atoms with Gasteiger partial charge in [0.2, 0.25) is 0 Å². The first-order valence-electron chi connectivity index (χ1n) is 3.88. The van der Waals surface area contributed by atoms with Gasteiger partial charge >= 0.3 is 0 Å². The Hall–Kier alpha value is -0.900. The van der Waals surface area contributed by atoms with Crippen LogP contribution in [0.3, 0.4) is 0 Å². The Bertz CT molecular complexity index is 186. The summed E-state index contributed by atoms with van der Waals surface area (Å²) >= 11 is 0. The Morgan fingerprint density at radius 1 is 1.73 bits per heavy atom. The maximum absolute atomic E-state index is 9.41. The van der Waals surface area contributed by atoms with Gasteiger partial charge in [0.05, 0.1) is 0 Å². The molecule has 0 saturated carbocycles. The van der Waals surface area contributed by atoms with Crippen LogP contribution in [0.4, 0.5) is 0 Å². The molecule has 0 aliphatic heterocycles. The minimum absolute atomic E-state index is 0.475. The first-order chi connectivity index (χ1) is 5.34. The van der Waals surface area contributed by atoms with Crippen molar-refractivity contribution in [2.45, 2.75) is 32.3 Å². The Kier molecular flexibility index (Phi) is 3.04. The van der Waals surface area contributed by atoms with Gasteiger partial charge in [0.15, 0.2) is 5.82 Å². The molecular formula is C7H13N3O.